The van der Waals surface area contributed by atoms with Gasteiger partial charge >= 0.3 is 0 Å². The highest BCUT2D eigenvalue weighted by atomic mass is 16.5. The molecule has 0 aliphatic carbocycles. The second-order valence-corrected chi connectivity index (χ2v) is 5.15. The lowest BCUT2D eigenvalue weighted by Crippen LogP contribution is -2.40. The third kappa shape index (κ3) is 2.88. The number of nitrogens with zero attached hydrogens (tertiary/aromatic N) is 2. The first kappa shape index (κ1) is 13.9. The van der Waals surface area contributed by atoms with Gasteiger partial charge in [0.05, 0.1) is 25.8 Å². The number of carbonyl (C=O) groups excluding carboxylic acids is 1. The van der Waals surface area contributed by atoms with Crippen LogP contribution in [-0.4, -0.2) is 48.8 Å². The number of ether oxygens (including phenoxy) is 2. The number of methoxy groups -OCH3 is 1. The number of fused-ring (bicyclic) bond motifs is 1. The third-order valence-corrected chi connectivity index (χ3v) is 3.92. The average Bonchev–Trinajstić information content (AvgIpc) is 2.96. The van der Waals surface area contributed by atoms with Crippen molar-refractivity contribution in [3.63, 3.8) is 0 Å². The van der Waals surface area contributed by atoms with E-state index in [1.807, 2.05) is 29.3 Å². The SMILES string of the molecule is COc1cccc2c1ccn2CCC(=O)N1CCOCC1. The van der Waals surface area contributed by atoms with Crippen LogP contribution in [0, 0.1) is 0 Å². The van der Waals surface area contributed by atoms with Crippen LogP contribution in [0.3, 0.4) is 0 Å². The van der Waals surface area contributed by atoms with E-state index in [2.05, 4.69) is 10.6 Å². The summed E-state index contributed by atoms with van der Waals surface area (Å²) in [5.41, 5.74) is 1.10. The Labute approximate surface area is 124 Å². The van der Waals surface area contributed by atoms with Gasteiger partial charge in [-0.3, -0.25) is 4.79 Å². The number of morpholine rings is 1. The van der Waals surface area contributed by atoms with Crippen molar-refractivity contribution in [2.75, 3.05) is 33.4 Å². The summed E-state index contributed by atoms with van der Waals surface area (Å²) in [5.74, 6) is 1.06. The summed E-state index contributed by atoms with van der Waals surface area (Å²) in [5, 5.41) is 1.08. The van der Waals surface area contributed by atoms with E-state index >= 15 is 0 Å². The normalized spacial score (nSPS) is 15.4. The first-order chi connectivity index (χ1) is 10.3. The van der Waals surface area contributed by atoms with E-state index in [0.717, 1.165) is 16.7 Å². The lowest BCUT2D eigenvalue weighted by atomic mass is 10.2. The molecule has 0 bridgehead atoms. The molecule has 3 rings (SSSR count). The molecule has 1 aliphatic heterocycles. The molecule has 112 valence electrons. The number of amides is 1. The molecule has 1 aromatic heterocycles. The van der Waals surface area contributed by atoms with Crippen LogP contribution >= 0.6 is 0 Å². The number of aryl methyl sites for hydroxylation is 1. The van der Waals surface area contributed by atoms with E-state index in [0.29, 0.717) is 39.3 Å². The fourth-order valence-corrected chi connectivity index (χ4v) is 2.76. The number of carbonyl (C=O) groups is 1. The quantitative estimate of drug-likeness (QED) is 0.863. The molecule has 1 aliphatic rings. The molecule has 0 spiro atoms. The Morgan fingerprint density at radius 1 is 1.29 bits per heavy atom. The molecule has 21 heavy (non-hydrogen) atoms. The maximum absolute atomic E-state index is 12.2. The predicted molar refractivity (Wildman–Crippen MR) is 80.5 cm³/mol. The van der Waals surface area contributed by atoms with Gasteiger partial charge < -0.3 is 18.9 Å². The molecule has 1 fully saturated rings. The molecule has 1 aromatic carbocycles. The Morgan fingerprint density at radius 3 is 2.86 bits per heavy atom. The molecule has 5 nitrogen and oxygen atoms in total. The second-order valence-electron chi connectivity index (χ2n) is 5.15. The van der Waals surface area contributed by atoms with Gasteiger partial charge in [0, 0.05) is 37.6 Å². The van der Waals surface area contributed by atoms with Gasteiger partial charge in [-0.15, -0.1) is 0 Å². The minimum atomic E-state index is 0.197. The van der Waals surface area contributed by atoms with Gasteiger partial charge in [-0.1, -0.05) is 6.07 Å². The van der Waals surface area contributed by atoms with Crippen LogP contribution in [0.15, 0.2) is 30.5 Å². The van der Waals surface area contributed by atoms with Crippen LogP contribution < -0.4 is 4.74 Å². The summed E-state index contributed by atoms with van der Waals surface area (Å²) in [4.78, 5) is 14.1. The van der Waals surface area contributed by atoms with E-state index in [1.165, 1.54) is 0 Å². The Balaban J connectivity index is 1.69. The first-order valence-electron chi connectivity index (χ1n) is 7.27. The van der Waals surface area contributed by atoms with Crippen LogP contribution in [-0.2, 0) is 16.1 Å². The van der Waals surface area contributed by atoms with Gasteiger partial charge in [0.25, 0.3) is 0 Å². The monoisotopic (exact) mass is 288 g/mol. The Morgan fingerprint density at radius 2 is 2.10 bits per heavy atom. The van der Waals surface area contributed by atoms with Gasteiger partial charge in [-0.05, 0) is 18.2 Å². The van der Waals surface area contributed by atoms with Gasteiger partial charge in [0.15, 0.2) is 0 Å². The lowest BCUT2D eigenvalue weighted by Gasteiger charge is -2.27. The second kappa shape index (κ2) is 6.18. The van der Waals surface area contributed by atoms with Crippen molar-refractivity contribution in [1.82, 2.24) is 9.47 Å². The molecule has 5 heteroatoms. The topological polar surface area (TPSA) is 43.7 Å². The molecule has 0 atom stereocenters. The molecule has 0 radical (unpaired) electrons. The zero-order chi connectivity index (χ0) is 14.7. The predicted octanol–water partition coefficient (Wildman–Crippen LogP) is 1.90. The van der Waals surface area contributed by atoms with E-state index < -0.39 is 0 Å². The van der Waals surface area contributed by atoms with Crippen LogP contribution in [0.25, 0.3) is 10.9 Å². The number of hydrogen-bond acceptors (Lipinski definition) is 3. The van der Waals surface area contributed by atoms with Crippen LogP contribution in [0.2, 0.25) is 0 Å². The van der Waals surface area contributed by atoms with Crippen molar-refractivity contribution < 1.29 is 14.3 Å². The van der Waals surface area contributed by atoms with E-state index in [4.69, 9.17) is 9.47 Å². The standard InChI is InChI=1S/C16H20N2O3/c1-20-15-4-2-3-14-13(15)5-7-17(14)8-6-16(19)18-9-11-21-12-10-18/h2-5,7H,6,8-12H2,1H3. The summed E-state index contributed by atoms with van der Waals surface area (Å²) in [6, 6.07) is 8.01. The van der Waals surface area contributed by atoms with Gasteiger partial charge in [-0.2, -0.15) is 0 Å². The van der Waals surface area contributed by atoms with Crippen molar-refractivity contribution in [1.29, 1.82) is 0 Å². The summed E-state index contributed by atoms with van der Waals surface area (Å²) in [6.07, 6.45) is 2.53. The van der Waals surface area contributed by atoms with Gasteiger partial charge in [0.1, 0.15) is 5.75 Å². The molecule has 0 N–H and O–H groups in total. The molecule has 1 saturated heterocycles. The number of aromatic nitrogens is 1. The van der Waals surface area contributed by atoms with Crippen LogP contribution in [0.4, 0.5) is 0 Å². The molecular formula is C16H20N2O3. The molecule has 1 amide bonds. The van der Waals surface area contributed by atoms with Gasteiger partial charge in [0.2, 0.25) is 5.91 Å². The molecular weight excluding hydrogens is 268 g/mol. The highest BCUT2D eigenvalue weighted by molar-refractivity contribution is 5.86. The van der Waals surface area contributed by atoms with Crippen molar-refractivity contribution in [2.24, 2.45) is 0 Å². The van der Waals surface area contributed by atoms with E-state index in [1.54, 1.807) is 7.11 Å². The summed E-state index contributed by atoms with van der Waals surface area (Å²) in [6.45, 7) is 3.40. The first-order valence-corrected chi connectivity index (χ1v) is 7.27. The van der Waals surface area contributed by atoms with Crippen molar-refractivity contribution in [3.05, 3.63) is 30.5 Å². The molecule has 2 aromatic rings. The zero-order valence-electron chi connectivity index (χ0n) is 12.2. The highest BCUT2D eigenvalue weighted by Gasteiger charge is 2.16. The molecule has 0 saturated carbocycles. The average molecular weight is 288 g/mol. The lowest BCUT2D eigenvalue weighted by molar-refractivity contribution is -0.135. The van der Waals surface area contributed by atoms with Crippen molar-refractivity contribution in [3.8, 4) is 5.75 Å². The van der Waals surface area contributed by atoms with Crippen LogP contribution in [0.1, 0.15) is 6.42 Å². The number of hydrogen-bond donors (Lipinski definition) is 0. The minimum Gasteiger partial charge on any atom is -0.496 e. The Kier molecular flexibility index (Phi) is 4.10. The van der Waals surface area contributed by atoms with Gasteiger partial charge in [-0.25, -0.2) is 0 Å². The fourth-order valence-electron chi connectivity index (χ4n) is 2.76. The largest absolute Gasteiger partial charge is 0.496 e. The Hall–Kier alpha value is -2.01. The maximum Gasteiger partial charge on any atom is 0.224 e. The maximum atomic E-state index is 12.2. The smallest absolute Gasteiger partial charge is 0.224 e. The van der Waals surface area contributed by atoms with Crippen LogP contribution in [0.5, 0.6) is 5.75 Å². The summed E-state index contributed by atoms with van der Waals surface area (Å²) >= 11 is 0. The van der Waals surface area contributed by atoms with Crippen molar-refractivity contribution >= 4 is 16.8 Å². The third-order valence-electron chi connectivity index (χ3n) is 3.92. The summed E-state index contributed by atoms with van der Waals surface area (Å²) < 4.78 is 12.7. The molecule has 0 unspecified atom stereocenters. The van der Waals surface area contributed by atoms with E-state index in [-0.39, 0.29) is 5.91 Å². The molecule has 2 heterocycles. The highest BCUT2D eigenvalue weighted by Crippen LogP contribution is 2.26. The van der Waals surface area contributed by atoms with Crippen molar-refractivity contribution in [2.45, 2.75) is 13.0 Å². The Bertz CT molecular complexity index is 629. The minimum absolute atomic E-state index is 0.197. The summed E-state index contributed by atoms with van der Waals surface area (Å²) in [7, 11) is 1.67. The fraction of sp³-hybridized carbons (Fsp3) is 0.438. The zero-order valence-corrected chi connectivity index (χ0v) is 12.2. The number of rotatable bonds is 4. The van der Waals surface area contributed by atoms with E-state index in [9.17, 15) is 4.79 Å². The number of benzene rings is 1.